The highest BCUT2D eigenvalue weighted by Crippen LogP contribution is 2.29. The van der Waals surface area contributed by atoms with Gasteiger partial charge in [0.15, 0.2) is 0 Å². The van der Waals surface area contributed by atoms with Crippen LogP contribution in [0.2, 0.25) is 0 Å². The molecule has 8 heteroatoms. The van der Waals surface area contributed by atoms with Gasteiger partial charge in [-0.05, 0) is 32.0 Å². The Bertz CT molecular complexity index is 521. The molecule has 1 atom stereocenters. The topological polar surface area (TPSA) is 38.3 Å². The molecular formula is C13H14BrF4NO2. The first kappa shape index (κ1) is 17.9. The predicted octanol–water partition coefficient (Wildman–Crippen LogP) is 3.52. The van der Waals surface area contributed by atoms with E-state index >= 15 is 0 Å². The van der Waals surface area contributed by atoms with Crippen LogP contribution < -0.4 is 5.32 Å². The summed E-state index contributed by atoms with van der Waals surface area (Å²) in [6, 6.07) is 3.69. The van der Waals surface area contributed by atoms with E-state index in [9.17, 15) is 22.4 Å². The van der Waals surface area contributed by atoms with Crippen molar-refractivity contribution < 1.29 is 27.1 Å². The summed E-state index contributed by atoms with van der Waals surface area (Å²) in [5.41, 5.74) is -2.17. The summed E-state index contributed by atoms with van der Waals surface area (Å²) in [6.45, 7) is 1.19. The van der Waals surface area contributed by atoms with Crippen molar-refractivity contribution in [1.29, 1.82) is 0 Å². The van der Waals surface area contributed by atoms with E-state index < -0.39 is 30.0 Å². The third kappa shape index (κ3) is 4.67. The molecule has 1 aromatic rings. The summed E-state index contributed by atoms with van der Waals surface area (Å²) in [5.74, 6) is -1.78. The van der Waals surface area contributed by atoms with E-state index in [2.05, 4.69) is 15.9 Å². The van der Waals surface area contributed by atoms with Crippen LogP contribution in [0.15, 0.2) is 22.7 Å². The maximum absolute atomic E-state index is 13.9. The molecule has 0 bridgehead atoms. The molecule has 1 unspecified atom stereocenters. The van der Waals surface area contributed by atoms with Gasteiger partial charge < -0.3 is 4.74 Å². The number of nitrogens with one attached hydrogen (secondary N) is 1. The number of esters is 1. The molecular weight excluding hydrogens is 358 g/mol. The molecule has 0 aromatic heterocycles. The number of carbonyl (C=O) groups excluding carboxylic acids is 1. The highest BCUT2D eigenvalue weighted by molar-refractivity contribution is 9.10. The van der Waals surface area contributed by atoms with Crippen molar-refractivity contribution in [3.05, 3.63) is 34.1 Å². The van der Waals surface area contributed by atoms with Gasteiger partial charge in [-0.1, -0.05) is 15.9 Å². The summed E-state index contributed by atoms with van der Waals surface area (Å²) in [7, 11) is 0. The van der Waals surface area contributed by atoms with Gasteiger partial charge in [0.2, 0.25) is 0 Å². The number of ether oxygens (including phenoxy) is 1. The van der Waals surface area contributed by atoms with Crippen LogP contribution in [0.4, 0.5) is 17.6 Å². The van der Waals surface area contributed by atoms with Crippen LogP contribution in [0.3, 0.4) is 0 Å². The number of hydrogen-bond acceptors (Lipinski definition) is 3. The minimum atomic E-state index is -4.55. The highest BCUT2D eigenvalue weighted by atomic mass is 79.9. The molecule has 0 aliphatic carbocycles. The predicted molar refractivity (Wildman–Crippen MR) is 72.1 cm³/mol. The average Bonchev–Trinajstić information content (AvgIpc) is 2.38. The molecule has 0 fully saturated rings. The van der Waals surface area contributed by atoms with Crippen LogP contribution in [0.1, 0.15) is 19.4 Å². The van der Waals surface area contributed by atoms with Crippen molar-refractivity contribution in [2.24, 2.45) is 0 Å². The Morgan fingerprint density at radius 1 is 1.38 bits per heavy atom. The maximum Gasteiger partial charge on any atom is 0.401 e. The van der Waals surface area contributed by atoms with Crippen molar-refractivity contribution in [1.82, 2.24) is 5.32 Å². The van der Waals surface area contributed by atoms with Crippen LogP contribution in [-0.2, 0) is 15.1 Å². The molecule has 0 aliphatic rings. The van der Waals surface area contributed by atoms with Gasteiger partial charge in [0.25, 0.3) is 0 Å². The van der Waals surface area contributed by atoms with Crippen LogP contribution in [0.5, 0.6) is 0 Å². The first-order chi connectivity index (χ1) is 9.60. The molecule has 1 rings (SSSR count). The molecule has 0 saturated carbocycles. The Hall–Kier alpha value is -1.15. The molecule has 21 heavy (non-hydrogen) atoms. The molecule has 3 nitrogen and oxygen atoms in total. The van der Waals surface area contributed by atoms with Crippen molar-refractivity contribution >= 4 is 21.9 Å². The molecule has 0 radical (unpaired) electrons. The summed E-state index contributed by atoms with van der Waals surface area (Å²) >= 11 is 3.10. The minimum absolute atomic E-state index is 0.0300. The molecule has 1 aromatic carbocycles. The van der Waals surface area contributed by atoms with Crippen LogP contribution in [-0.4, -0.2) is 25.3 Å². The molecule has 118 valence electrons. The zero-order chi connectivity index (χ0) is 16.3. The van der Waals surface area contributed by atoms with Crippen LogP contribution in [0.25, 0.3) is 0 Å². The van der Waals surface area contributed by atoms with E-state index in [4.69, 9.17) is 4.74 Å². The first-order valence-electron chi connectivity index (χ1n) is 6.04. The van der Waals surface area contributed by atoms with Gasteiger partial charge in [0, 0.05) is 10.0 Å². The van der Waals surface area contributed by atoms with Gasteiger partial charge in [0.1, 0.15) is 11.4 Å². The van der Waals surface area contributed by atoms with Crippen molar-refractivity contribution in [3.63, 3.8) is 0 Å². The molecule has 1 N–H and O–H groups in total. The summed E-state index contributed by atoms with van der Waals surface area (Å²) in [4.78, 5) is 12.0. The fourth-order valence-electron chi connectivity index (χ4n) is 1.71. The Labute approximate surface area is 127 Å². The third-order valence-electron chi connectivity index (χ3n) is 2.79. The fraction of sp³-hybridized carbons (Fsp3) is 0.462. The number of halogens is 5. The molecule has 0 aliphatic heterocycles. The normalized spacial score (nSPS) is 14.6. The van der Waals surface area contributed by atoms with Crippen molar-refractivity contribution in [2.75, 3.05) is 13.2 Å². The Balaban J connectivity index is 3.23. The standard InChI is InChI=1S/C13H14BrF4NO2/c1-3-21-11(20)12(2,19-7-13(16,17)18)9-6-8(14)4-5-10(9)15/h4-6,19H,3,7H2,1-2H3. The maximum atomic E-state index is 13.9. The summed E-state index contributed by atoms with van der Waals surface area (Å²) in [6.07, 6.45) is -4.55. The lowest BCUT2D eigenvalue weighted by Gasteiger charge is -2.30. The number of alkyl halides is 3. The van der Waals surface area contributed by atoms with E-state index in [0.717, 1.165) is 13.0 Å². The lowest BCUT2D eigenvalue weighted by atomic mass is 9.91. The Morgan fingerprint density at radius 3 is 2.52 bits per heavy atom. The summed E-state index contributed by atoms with van der Waals surface area (Å²) < 4.78 is 56.4. The van der Waals surface area contributed by atoms with E-state index in [1.54, 1.807) is 0 Å². The van der Waals surface area contributed by atoms with E-state index in [1.807, 2.05) is 5.32 Å². The van der Waals surface area contributed by atoms with Crippen LogP contribution >= 0.6 is 15.9 Å². The quantitative estimate of drug-likeness (QED) is 0.635. The number of carbonyl (C=O) groups is 1. The van der Waals surface area contributed by atoms with Crippen molar-refractivity contribution in [3.8, 4) is 0 Å². The van der Waals surface area contributed by atoms with Gasteiger partial charge in [-0.2, -0.15) is 13.2 Å². The molecule has 0 amide bonds. The van der Waals surface area contributed by atoms with Gasteiger partial charge in [-0.15, -0.1) is 0 Å². The molecule has 0 spiro atoms. The van der Waals surface area contributed by atoms with Crippen LogP contribution in [0, 0.1) is 5.82 Å². The average molecular weight is 372 g/mol. The second-order valence-electron chi connectivity index (χ2n) is 4.44. The minimum Gasteiger partial charge on any atom is -0.464 e. The third-order valence-corrected chi connectivity index (χ3v) is 3.29. The second kappa shape index (κ2) is 6.74. The lowest BCUT2D eigenvalue weighted by molar-refractivity contribution is -0.155. The number of rotatable bonds is 5. The monoisotopic (exact) mass is 371 g/mol. The van der Waals surface area contributed by atoms with Gasteiger partial charge in [-0.25, -0.2) is 9.18 Å². The Kier molecular flexibility index (Phi) is 5.75. The number of benzene rings is 1. The highest BCUT2D eigenvalue weighted by Gasteiger charge is 2.42. The van der Waals surface area contributed by atoms with E-state index in [-0.39, 0.29) is 12.2 Å². The van der Waals surface area contributed by atoms with E-state index in [0.29, 0.717) is 4.47 Å². The smallest absolute Gasteiger partial charge is 0.401 e. The molecule has 0 heterocycles. The first-order valence-corrected chi connectivity index (χ1v) is 6.84. The summed E-state index contributed by atoms with van der Waals surface area (Å²) in [5, 5.41) is 2.04. The Morgan fingerprint density at radius 2 is 2.00 bits per heavy atom. The molecule has 0 saturated heterocycles. The van der Waals surface area contributed by atoms with Gasteiger partial charge >= 0.3 is 12.1 Å². The lowest BCUT2D eigenvalue weighted by Crippen LogP contribution is -2.51. The van der Waals surface area contributed by atoms with Gasteiger partial charge in [-0.3, -0.25) is 5.32 Å². The second-order valence-corrected chi connectivity index (χ2v) is 5.35. The van der Waals surface area contributed by atoms with Crippen molar-refractivity contribution in [2.45, 2.75) is 25.6 Å². The zero-order valence-electron chi connectivity index (χ0n) is 11.4. The zero-order valence-corrected chi connectivity index (χ0v) is 12.9. The number of hydrogen-bond donors (Lipinski definition) is 1. The fourth-order valence-corrected chi connectivity index (χ4v) is 2.07. The SMILES string of the molecule is CCOC(=O)C(C)(NCC(F)(F)F)c1cc(Br)ccc1F. The largest absolute Gasteiger partial charge is 0.464 e. The van der Waals surface area contributed by atoms with E-state index in [1.165, 1.54) is 19.1 Å². The van der Waals surface area contributed by atoms with Gasteiger partial charge in [0.05, 0.1) is 13.2 Å².